The van der Waals surface area contributed by atoms with Crippen LogP contribution in [0.25, 0.3) is 0 Å². The van der Waals surface area contributed by atoms with Crippen LogP contribution in [-0.4, -0.2) is 26.5 Å². The topological polar surface area (TPSA) is 120 Å². The Hall–Kier alpha value is -2.67. The van der Waals surface area contributed by atoms with Crippen LogP contribution >= 0.6 is 0 Å². The van der Waals surface area contributed by atoms with Crippen molar-refractivity contribution in [1.29, 1.82) is 0 Å². The van der Waals surface area contributed by atoms with E-state index in [9.17, 15) is 9.90 Å². The molecule has 0 spiro atoms. The molecule has 1 amide bonds. The van der Waals surface area contributed by atoms with Gasteiger partial charge in [-0.3, -0.25) is 4.79 Å². The highest BCUT2D eigenvalue weighted by atomic mass is 16.3. The Morgan fingerprint density at radius 1 is 1.32 bits per heavy atom. The van der Waals surface area contributed by atoms with E-state index in [1.807, 2.05) is 18.2 Å². The van der Waals surface area contributed by atoms with E-state index in [0.717, 1.165) is 12.8 Å². The molecular formula is C15H19N5O2. The van der Waals surface area contributed by atoms with Crippen LogP contribution in [0.1, 0.15) is 35.1 Å². The Balaban J connectivity index is 1.88. The fraction of sp³-hybridized carbons (Fsp3) is 0.267. The maximum absolute atomic E-state index is 11.6. The van der Waals surface area contributed by atoms with Crippen LogP contribution in [0, 0.1) is 0 Å². The first-order chi connectivity index (χ1) is 10.6. The summed E-state index contributed by atoms with van der Waals surface area (Å²) in [5.74, 6) is -0.946. The van der Waals surface area contributed by atoms with Crippen molar-refractivity contribution in [1.82, 2.24) is 9.55 Å². The van der Waals surface area contributed by atoms with Gasteiger partial charge in [-0.05, 0) is 24.8 Å². The highest BCUT2D eigenvalue weighted by Gasteiger charge is 2.12. The van der Waals surface area contributed by atoms with E-state index < -0.39 is 12.1 Å². The first-order valence-electron chi connectivity index (χ1n) is 6.95. The largest absolute Gasteiger partial charge is 0.373 e. The molecule has 5 N–H and O–H groups in total. The quantitative estimate of drug-likeness (QED) is 0.539. The normalized spacial score (nSPS) is 11.9. The van der Waals surface area contributed by atoms with Crippen molar-refractivity contribution in [2.24, 2.45) is 16.5 Å². The van der Waals surface area contributed by atoms with Crippen LogP contribution in [0.4, 0.5) is 0 Å². The summed E-state index contributed by atoms with van der Waals surface area (Å²) in [7, 11) is 0. The number of aliphatic imine (C=N–C) groups is 1. The summed E-state index contributed by atoms with van der Waals surface area (Å²) in [5.41, 5.74) is 11.6. The summed E-state index contributed by atoms with van der Waals surface area (Å²) < 4.78 is 1.47. The lowest BCUT2D eigenvalue weighted by molar-refractivity contribution is 0.0918. The fourth-order valence-corrected chi connectivity index (χ4v) is 2.07. The van der Waals surface area contributed by atoms with Crippen molar-refractivity contribution < 1.29 is 9.90 Å². The Labute approximate surface area is 128 Å². The van der Waals surface area contributed by atoms with Crippen LogP contribution in [0.2, 0.25) is 0 Å². The molecule has 116 valence electrons. The van der Waals surface area contributed by atoms with Crippen molar-refractivity contribution in [3.05, 3.63) is 54.1 Å². The molecule has 1 heterocycles. The third-order valence-corrected chi connectivity index (χ3v) is 3.17. The molecule has 1 atom stereocenters. The van der Waals surface area contributed by atoms with Gasteiger partial charge in [-0.1, -0.05) is 30.3 Å². The highest BCUT2D eigenvalue weighted by Crippen LogP contribution is 2.14. The highest BCUT2D eigenvalue weighted by molar-refractivity contribution is 6.00. The average Bonchev–Trinajstić information content (AvgIpc) is 2.97. The Morgan fingerprint density at radius 3 is 2.73 bits per heavy atom. The van der Waals surface area contributed by atoms with Gasteiger partial charge in [0.05, 0.1) is 6.33 Å². The molecular weight excluding hydrogens is 282 g/mol. The average molecular weight is 301 g/mol. The number of nitrogens with two attached hydrogens (primary N) is 2. The fourth-order valence-electron chi connectivity index (χ4n) is 2.07. The second kappa shape index (κ2) is 7.37. The van der Waals surface area contributed by atoms with E-state index in [1.165, 1.54) is 22.7 Å². The zero-order valence-electron chi connectivity index (χ0n) is 12.1. The number of aliphatic hydroxyl groups is 1. The molecule has 7 nitrogen and oxygen atoms in total. The number of carbonyl (C=O) groups is 1. The van der Waals surface area contributed by atoms with Crippen molar-refractivity contribution >= 4 is 11.9 Å². The van der Waals surface area contributed by atoms with Crippen LogP contribution in [-0.2, 0) is 6.42 Å². The molecule has 7 heteroatoms. The van der Waals surface area contributed by atoms with Gasteiger partial charge in [0.25, 0.3) is 5.91 Å². The maximum Gasteiger partial charge on any atom is 0.300 e. The predicted octanol–water partition coefficient (Wildman–Crippen LogP) is 0.810. The Bertz CT molecular complexity index is 647. The summed E-state index contributed by atoms with van der Waals surface area (Å²) in [4.78, 5) is 18.9. The van der Waals surface area contributed by atoms with Crippen molar-refractivity contribution in [2.45, 2.75) is 25.5 Å². The van der Waals surface area contributed by atoms with E-state index in [-0.39, 0.29) is 11.7 Å². The first kappa shape index (κ1) is 15.7. The van der Waals surface area contributed by atoms with Crippen LogP contribution < -0.4 is 11.5 Å². The lowest BCUT2D eigenvalue weighted by Gasteiger charge is -2.11. The van der Waals surface area contributed by atoms with E-state index in [4.69, 9.17) is 11.5 Å². The molecule has 0 bridgehead atoms. The summed E-state index contributed by atoms with van der Waals surface area (Å²) in [6.45, 7) is 0. The lowest BCUT2D eigenvalue weighted by Crippen LogP contribution is -2.24. The monoisotopic (exact) mass is 301 g/mol. The number of hydrogen-bond acceptors (Lipinski definition) is 3. The third kappa shape index (κ3) is 4.42. The third-order valence-electron chi connectivity index (χ3n) is 3.17. The number of rotatable bonds is 6. The molecule has 0 saturated carbocycles. The molecule has 1 aromatic heterocycles. The smallest absolute Gasteiger partial charge is 0.300 e. The van der Waals surface area contributed by atoms with Gasteiger partial charge < -0.3 is 21.1 Å². The van der Waals surface area contributed by atoms with Gasteiger partial charge in [-0.2, -0.15) is 4.99 Å². The van der Waals surface area contributed by atoms with Crippen LogP contribution in [0.3, 0.4) is 0 Å². The van der Waals surface area contributed by atoms with Gasteiger partial charge in [-0.25, -0.2) is 4.98 Å². The number of carbonyl (C=O) groups excluding carboxylic acids is 1. The first-order valence-corrected chi connectivity index (χ1v) is 6.95. The predicted molar refractivity (Wildman–Crippen MR) is 83.0 cm³/mol. The summed E-state index contributed by atoms with van der Waals surface area (Å²) in [5, 5.41) is 10.1. The second-order valence-electron chi connectivity index (χ2n) is 4.91. The number of aromatic nitrogens is 2. The molecule has 0 fully saturated rings. The van der Waals surface area contributed by atoms with E-state index in [0.29, 0.717) is 6.42 Å². The minimum absolute atomic E-state index is 0.0931. The number of hydrogen-bond donors (Lipinski definition) is 3. The molecule has 0 aliphatic rings. The Morgan fingerprint density at radius 2 is 2.05 bits per heavy atom. The Kier molecular flexibility index (Phi) is 5.26. The molecule has 1 aromatic carbocycles. The molecule has 22 heavy (non-hydrogen) atoms. The van der Waals surface area contributed by atoms with Gasteiger partial charge in [0, 0.05) is 6.20 Å². The molecule has 0 saturated heterocycles. The second-order valence-corrected chi connectivity index (χ2v) is 4.91. The molecule has 1 unspecified atom stereocenters. The number of aryl methyl sites for hydroxylation is 1. The standard InChI is InChI=1S/C15H19N5O2/c16-15(17)19-14(22)12-9-20(10-18-12)13(21)8-4-7-11-5-2-1-3-6-11/h1-3,5-6,9-10,13,21H,4,7-8H2,(H4,16,17,19,22). The van der Waals surface area contributed by atoms with E-state index >= 15 is 0 Å². The van der Waals surface area contributed by atoms with Gasteiger partial charge in [0.15, 0.2) is 5.96 Å². The summed E-state index contributed by atoms with van der Waals surface area (Å²) in [6, 6.07) is 10.1. The molecule has 2 rings (SSSR count). The van der Waals surface area contributed by atoms with Crippen molar-refractivity contribution in [2.75, 3.05) is 0 Å². The van der Waals surface area contributed by atoms with Gasteiger partial charge in [0.2, 0.25) is 0 Å². The summed E-state index contributed by atoms with van der Waals surface area (Å²) >= 11 is 0. The molecule has 0 aliphatic heterocycles. The molecule has 0 aliphatic carbocycles. The minimum Gasteiger partial charge on any atom is -0.373 e. The lowest BCUT2D eigenvalue weighted by atomic mass is 10.1. The van der Waals surface area contributed by atoms with E-state index in [1.54, 1.807) is 0 Å². The van der Waals surface area contributed by atoms with Crippen molar-refractivity contribution in [3.63, 3.8) is 0 Å². The van der Waals surface area contributed by atoms with Gasteiger partial charge >= 0.3 is 0 Å². The van der Waals surface area contributed by atoms with Crippen LogP contribution in [0.5, 0.6) is 0 Å². The molecule has 0 radical (unpaired) electrons. The van der Waals surface area contributed by atoms with Crippen LogP contribution in [0.15, 0.2) is 47.8 Å². The van der Waals surface area contributed by atoms with E-state index in [2.05, 4.69) is 22.1 Å². The number of benzene rings is 1. The van der Waals surface area contributed by atoms with Gasteiger partial charge in [-0.15, -0.1) is 0 Å². The number of nitrogens with zero attached hydrogens (tertiary/aromatic N) is 3. The van der Waals surface area contributed by atoms with Gasteiger partial charge in [0.1, 0.15) is 11.9 Å². The maximum atomic E-state index is 11.6. The number of aliphatic hydroxyl groups excluding tert-OH is 1. The minimum atomic E-state index is -0.739. The zero-order valence-corrected chi connectivity index (χ0v) is 12.1. The summed E-state index contributed by atoms with van der Waals surface area (Å²) in [6.07, 6.45) is 4.34. The number of guanidine groups is 1. The zero-order chi connectivity index (χ0) is 15.9. The number of imidazole rings is 1. The molecule has 2 aromatic rings. The SMILES string of the molecule is NC(N)=NC(=O)c1cn(C(O)CCCc2ccccc2)cn1. The van der Waals surface area contributed by atoms with Crippen molar-refractivity contribution in [3.8, 4) is 0 Å². The number of amides is 1.